The molecule has 1 heterocycles. The summed E-state index contributed by atoms with van der Waals surface area (Å²) in [5.74, 6) is 0.874. The number of hydrogen-bond donors (Lipinski definition) is 1. The molecule has 1 N–H and O–H groups in total. The normalized spacial score (nSPS) is 20.2. The molecule has 0 saturated carbocycles. The molecule has 0 aliphatic carbocycles. The first kappa shape index (κ1) is 12.4. The molecule has 2 nitrogen and oxygen atoms in total. The fourth-order valence-corrected chi connectivity index (χ4v) is 2.69. The molecule has 2 rings (SSSR count). The number of hydrogen-bond acceptors (Lipinski definition) is 2. The van der Waals surface area contributed by atoms with Crippen molar-refractivity contribution >= 4 is 5.69 Å². The monoisotopic (exact) mass is 232 g/mol. The van der Waals surface area contributed by atoms with Crippen LogP contribution in [0.5, 0.6) is 0 Å². The minimum absolute atomic E-state index is 0.874. The lowest BCUT2D eigenvalue weighted by atomic mass is 9.92. The molecule has 0 bridgehead atoms. The molecule has 1 unspecified atom stereocenters. The number of benzene rings is 1. The van der Waals surface area contributed by atoms with Gasteiger partial charge in [0.05, 0.1) is 0 Å². The largest absolute Gasteiger partial charge is 0.377 e. The van der Waals surface area contributed by atoms with Crippen LogP contribution in [0.15, 0.2) is 24.3 Å². The first-order valence-corrected chi connectivity index (χ1v) is 6.73. The van der Waals surface area contributed by atoms with E-state index >= 15 is 0 Å². The molecule has 0 aromatic heterocycles. The van der Waals surface area contributed by atoms with Gasteiger partial charge in [-0.3, -0.25) is 0 Å². The van der Waals surface area contributed by atoms with Gasteiger partial charge in [0.15, 0.2) is 0 Å². The highest BCUT2D eigenvalue weighted by Crippen LogP contribution is 2.23. The summed E-state index contributed by atoms with van der Waals surface area (Å²) in [5.41, 5.74) is 2.86. The third-order valence-corrected chi connectivity index (χ3v) is 3.69. The van der Waals surface area contributed by atoms with Crippen molar-refractivity contribution < 1.29 is 0 Å². The topological polar surface area (TPSA) is 15.3 Å². The van der Waals surface area contributed by atoms with E-state index in [1.165, 1.54) is 50.0 Å². The summed E-state index contributed by atoms with van der Waals surface area (Å²) in [4.78, 5) is 2.22. The van der Waals surface area contributed by atoms with Gasteiger partial charge in [0.1, 0.15) is 0 Å². The van der Waals surface area contributed by atoms with E-state index in [4.69, 9.17) is 0 Å². The van der Waals surface area contributed by atoms with Crippen molar-refractivity contribution in [3.8, 4) is 0 Å². The number of piperidine rings is 1. The fourth-order valence-electron chi connectivity index (χ4n) is 2.69. The van der Waals surface area contributed by atoms with Crippen LogP contribution in [0.2, 0.25) is 0 Å². The molecule has 1 atom stereocenters. The predicted octanol–water partition coefficient (Wildman–Crippen LogP) is 2.68. The number of nitrogens with one attached hydrogen (secondary N) is 1. The Morgan fingerprint density at radius 1 is 1.29 bits per heavy atom. The third kappa shape index (κ3) is 3.47. The van der Waals surface area contributed by atoms with E-state index in [2.05, 4.69) is 48.6 Å². The van der Waals surface area contributed by atoms with Crippen molar-refractivity contribution in [2.45, 2.75) is 25.7 Å². The zero-order valence-corrected chi connectivity index (χ0v) is 11.1. The number of nitrogens with zero attached hydrogens (tertiary/aromatic N) is 1. The summed E-state index contributed by atoms with van der Waals surface area (Å²) in [6.45, 7) is 2.43. The fraction of sp³-hybridized carbons (Fsp3) is 0.600. The molecule has 94 valence electrons. The summed E-state index contributed by atoms with van der Waals surface area (Å²) >= 11 is 0. The number of para-hydroxylation sites is 1. The van der Waals surface area contributed by atoms with Gasteiger partial charge in [0.2, 0.25) is 0 Å². The highest BCUT2D eigenvalue weighted by Gasteiger charge is 2.13. The van der Waals surface area contributed by atoms with Crippen LogP contribution in [0.25, 0.3) is 0 Å². The van der Waals surface area contributed by atoms with Crippen molar-refractivity contribution in [2.75, 3.05) is 32.1 Å². The van der Waals surface area contributed by atoms with Crippen molar-refractivity contribution in [3.05, 3.63) is 29.8 Å². The van der Waals surface area contributed by atoms with E-state index in [-0.39, 0.29) is 0 Å². The zero-order valence-electron chi connectivity index (χ0n) is 11.1. The highest BCUT2D eigenvalue weighted by atomic mass is 15.1. The molecule has 1 aromatic rings. The lowest BCUT2D eigenvalue weighted by Gasteiger charge is -2.24. The van der Waals surface area contributed by atoms with E-state index in [0.717, 1.165) is 5.92 Å². The van der Waals surface area contributed by atoms with Crippen LogP contribution >= 0.6 is 0 Å². The van der Waals surface area contributed by atoms with Gasteiger partial charge in [0, 0.05) is 19.8 Å². The van der Waals surface area contributed by atoms with Gasteiger partial charge in [-0.1, -0.05) is 18.2 Å². The summed E-state index contributed by atoms with van der Waals surface area (Å²) in [6, 6.07) is 8.77. The van der Waals surface area contributed by atoms with Crippen LogP contribution in [-0.4, -0.2) is 27.2 Å². The predicted molar refractivity (Wildman–Crippen MR) is 74.7 cm³/mol. The minimum Gasteiger partial charge on any atom is -0.377 e. The van der Waals surface area contributed by atoms with Crippen LogP contribution in [-0.2, 0) is 6.42 Å². The van der Waals surface area contributed by atoms with Gasteiger partial charge in [-0.25, -0.2) is 0 Å². The molecular weight excluding hydrogens is 208 g/mol. The Morgan fingerprint density at radius 2 is 2.12 bits per heavy atom. The van der Waals surface area contributed by atoms with Gasteiger partial charge in [0.25, 0.3) is 0 Å². The summed E-state index contributed by atoms with van der Waals surface area (Å²) in [5, 5.41) is 3.50. The molecule has 1 saturated heterocycles. The molecule has 1 aromatic carbocycles. The molecule has 0 radical (unpaired) electrons. The molecule has 0 amide bonds. The van der Waals surface area contributed by atoms with Crippen LogP contribution < -0.4 is 10.2 Å². The molecule has 2 heteroatoms. The minimum atomic E-state index is 0.874. The number of anilines is 1. The smallest absolute Gasteiger partial charge is 0.0393 e. The van der Waals surface area contributed by atoms with Gasteiger partial charge in [-0.2, -0.15) is 0 Å². The second-order valence-electron chi connectivity index (χ2n) is 5.27. The SMILES string of the molecule is CN(C)c1ccccc1CCC1CCCNC1. The Balaban J connectivity index is 1.93. The van der Waals surface area contributed by atoms with Gasteiger partial charge in [-0.05, 0) is 56.3 Å². The van der Waals surface area contributed by atoms with Crippen molar-refractivity contribution in [1.82, 2.24) is 5.32 Å². The van der Waals surface area contributed by atoms with Crippen LogP contribution in [0.3, 0.4) is 0 Å². The Labute approximate surface area is 105 Å². The van der Waals surface area contributed by atoms with E-state index in [1.54, 1.807) is 0 Å². The quantitative estimate of drug-likeness (QED) is 0.858. The summed E-state index contributed by atoms with van der Waals surface area (Å²) < 4.78 is 0. The Bertz CT molecular complexity index is 341. The summed E-state index contributed by atoms with van der Waals surface area (Å²) in [6.07, 6.45) is 5.27. The second-order valence-corrected chi connectivity index (χ2v) is 5.27. The first-order valence-electron chi connectivity index (χ1n) is 6.73. The molecule has 1 aliphatic heterocycles. The maximum atomic E-state index is 3.50. The van der Waals surface area contributed by atoms with E-state index in [1.807, 2.05) is 0 Å². The standard InChI is InChI=1S/C15H24N2/c1-17(2)15-8-4-3-7-14(15)10-9-13-6-5-11-16-12-13/h3-4,7-8,13,16H,5-6,9-12H2,1-2H3. The zero-order chi connectivity index (χ0) is 12.1. The molecule has 1 aliphatic rings. The van der Waals surface area contributed by atoms with Crippen molar-refractivity contribution in [1.29, 1.82) is 0 Å². The first-order chi connectivity index (χ1) is 8.27. The van der Waals surface area contributed by atoms with Gasteiger partial charge in [-0.15, -0.1) is 0 Å². The van der Waals surface area contributed by atoms with E-state index < -0.39 is 0 Å². The number of rotatable bonds is 4. The number of aryl methyl sites for hydroxylation is 1. The van der Waals surface area contributed by atoms with Crippen LogP contribution in [0, 0.1) is 5.92 Å². The molecular formula is C15H24N2. The lowest BCUT2D eigenvalue weighted by molar-refractivity contribution is 0.358. The van der Waals surface area contributed by atoms with E-state index in [0.29, 0.717) is 0 Å². The Morgan fingerprint density at radius 3 is 2.82 bits per heavy atom. The average molecular weight is 232 g/mol. The van der Waals surface area contributed by atoms with Gasteiger partial charge >= 0.3 is 0 Å². The van der Waals surface area contributed by atoms with Gasteiger partial charge < -0.3 is 10.2 Å². The molecule has 0 spiro atoms. The highest BCUT2D eigenvalue weighted by molar-refractivity contribution is 5.52. The molecule has 1 fully saturated rings. The second kappa shape index (κ2) is 6.06. The van der Waals surface area contributed by atoms with Crippen LogP contribution in [0.1, 0.15) is 24.8 Å². The van der Waals surface area contributed by atoms with Crippen molar-refractivity contribution in [2.24, 2.45) is 5.92 Å². The average Bonchev–Trinajstić information content (AvgIpc) is 2.38. The van der Waals surface area contributed by atoms with Crippen LogP contribution in [0.4, 0.5) is 5.69 Å². The van der Waals surface area contributed by atoms with E-state index in [9.17, 15) is 0 Å². The summed E-state index contributed by atoms with van der Waals surface area (Å²) in [7, 11) is 4.25. The maximum Gasteiger partial charge on any atom is 0.0393 e. The lowest BCUT2D eigenvalue weighted by Crippen LogP contribution is -2.30. The Kier molecular flexibility index (Phi) is 4.43. The maximum absolute atomic E-state index is 3.50. The third-order valence-electron chi connectivity index (χ3n) is 3.69. The van der Waals surface area contributed by atoms with Crippen molar-refractivity contribution in [3.63, 3.8) is 0 Å². The Hall–Kier alpha value is -1.02. The molecule has 17 heavy (non-hydrogen) atoms.